The number of rotatable bonds is 10. The number of benzene rings is 3. The van der Waals surface area contributed by atoms with E-state index >= 15 is 0 Å². The number of aromatic amines is 1. The van der Waals surface area contributed by atoms with Crippen molar-refractivity contribution in [1.29, 1.82) is 0 Å². The molecule has 1 aromatic heterocycles. The molecule has 4 aromatic rings. The number of phenols is 1. The van der Waals surface area contributed by atoms with Gasteiger partial charge in [0.25, 0.3) is 5.91 Å². The summed E-state index contributed by atoms with van der Waals surface area (Å²) >= 11 is 0. The summed E-state index contributed by atoms with van der Waals surface area (Å²) in [5.41, 5.74) is 4.49. The first-order valence-corrected chi connectivity index (χ1v) is 12.6. The number of unbranched alkanes of at least 4 members (excludes halogenated alkanes) is 1. The van der Waals surface area contributed by atoms with Gasteiger partial charge in [-0.2, -0.15) is 5.10 Å². The lowest BCUT2D eigenvalue weighted by Gasteiger charge is -2.26. The van der Waals surface area contributed by atoms with Gasteiger partial charge < -0.3 is 19.5 Å². The Morgan fingerprint density at radius 3 is 2.43 bits per heavy atom. The number of nitrogens with one attached hydrogen (secondary N) is 1. The number of para-hydroxylation sites is 1. The van der Waals surface area contributed by atoms with E-state index in [0.717, 1.165) is 41.0 Å². The monoisotopic (exact) mass is 497 g/mol. The number of aromatic hydroxyl groups is 1. The van der Waals surface area contributed by atoms with Crippen LogP contribution in [0.1, 0.15) is 53.0 Å². The number of hydrogen-bond acceptors (Lipinski definition) is 5. The van der Waals surface area contributed by atoms with Gasteiger partial charge in [-0.3, -0.25) is 9.89 Å². The van der Waals surface area contributed by atoms with E-state index in [9.17, 15) is 9.90 Å². The van der Waals surface area contributed by atoms with Crippen molar-refractivity contribution in [1.82, 2.24) is 15.1 Å². The predicted molar refractivity (Wildman–Crippen MR) is 142 cm³/mol. The van der Waals surface area contributed by atoms with E-state index < -0.39 is 0 Å². The van der Waals surface area contributed by atoms with Gasteiger partial charge in [-0.1, -0.05) is 49.7 Å². The number of nitrogens with zero attached hydrogens (tertiary/aromatic N) is 2. The number of carbonyl (C=O) groups excluding carboxylic acids is 1. The number of methoxy groups -OCH3 is 1. The minimum absolute atomic E-state index is 0.106. The van der Waals surface area contributed by atoms with Crippen LogP contribution in [0, 0.1) is 0 Å². The molecule has 1 aliphatic heterocycles. The fourth-order valence-corrected chi connectivity index (χ4v) is 4.78. The number of aromatic nitrogens is 2. The molecule has 7 nitrogen and oxygen atoms in total. The van der Waals surface area contributed by atoms with Crippen LogP contribution in [0.15, 0.2) is 72.8 Å². The quantitative estimate of drug-likeness (QED) is 0.272. The van der Waals surface area contributed by atoms with E-state index in [-0.39, 0.29) is 17.7 Å². The molecule has 0 fully saturated rings. The molecule has 37 heavy (non-hydrogen) atoms. The zero-order valence-corrected chi connectivity index (χ0v) is 21.1. The molecular weight excluding hydrogens is 466 g/mol. The first kappa shape index (κ1) is 24.4. The van der Waals surface area contributed by atoms with Gasteiger partial charge in [-0.25, -0.2) is 0 Å². The van der Waals surface area contributed by atoms with Crippen LogP contribution >= 0.6 is 0 Å². The largest absolute Gasteiger partial charge is 0.507 e. The van der Waals surface area contributed by atoms with Gasteiger partial charge >= 0.3 is 0 Å². The minimum atomic E-state index is -0.348. The van der Waals surface area contributed by atoms with Crippen molar-refractivity contribution in [3.63, 3.8) is 0 Å². The summed E-state index contributed by atoms with van der Waals surface area (Å²) in [6, 6.07) is 22.5. The van der Waals surface area contributed by atoms with Crippen molar-refractivity contribution in [2.45, 2.75) is 32.2 Å². The van der Waals surface area contributed by atoms with E-state index in [1.807, 2.05) is 65.6 Å². The third-order valence-electron chi connectivity index (χ3n) is 6.79. The molecule has 0 bridgehead atoms. The number of fused-ring (bicyclic) bond motifs is 1. The van der Waals surface area contributed by atoms with Gasteiger partial charge in [0.2, 0.25) is 0 Å². The number of ether oxygens (including phenoxy) is 2. The molecule has 0 aliphatic carbocycles. The summed E-state index contributed by atoms with van der Waals surface area (Å²) < 4.78 is 11.1. The molecule has 190 valence electrons. The smallest absolute Gasteiger partial charge is 0.273 e. The zero-order chi connectivity index (χ0) is 25.8. The molecule has 1 amide bonds. The van der Waals surface area contributed by atoms with Crippen LogP contribution < -0.4 is 9.47 Å². The van der Waals surface area contributed by atoms with Crippen LogP contribution in [0.5, 0.6) is 17.2 Å². The second-order valence-corrected chi connectivity index (χ2v) is 9.15. The SMILES string of the molecule is CCCCOc1ccc([C@@H]2c3c(-c4ccccc4O)n[nH]c3C(=O)N2CCc2ccc(OC)cc2)cc1. The molecule has 0 radical (unpaired) electrons. The van der Waals surface area contributed by atoms with Crippen LogP contribution in [-0.4, -0.2) is 46.4 Å². The number of amides is 1. The van der Waals surface area contributed by atoms with E-state index in [1.54, 1.807) is 19.2 Å². The number of hydrogen-bond donors (Lipinski definition) is 2. The van der Waals surface area contributed by atoms with Crippen molar-refractivity contribution in [3.8, 4) is 28.5 Å². The number of phenolic OH excluding ortho intramolecular Hbond substituents is 1. The maximum atomic E-state index is 13.6. The average molecular weight is 498 g/mol. The second kappa shape index (κ2) is 10.8. The number of carbonyl (C=O) groups is 1. The van der Waals surface area contributed by atoms with E-state index in [2.05, 4.69) is 17.1 Å². The van der Waals surface area contributed by atoms with Crippen molar-refractivity contribution < 1.29 is 19.4 Å². The van der Waals surface area contributed by atoms with Crippen LogP contribution in [0.3, 0.4) is 0 Å². The molecule has 0 saturated carbocycles. The normalized spacial score (nSPS) is 14.6. The summed E-state index contributed by atoms with van der Waals surface area (Å²) in [5, 5.41) is 18.0. The Morgan fingerprint density at radius 1 is 1.00 bits per heavy atom. The van der Waals surface area contributed by atoms with E-state index in [0.29, 0.717) is 36.5 Å². The Labute approximate surface area is 216 Å². The van der Waals surface area contributed by atoms with Crippen molar-refractivity contribution in [3.05, 3.63) is 95.2 Å². The van der Waals surface area contributed by atoms with E-state index in [4.69, 9.17) is 9.47 Å². The van der Waals surface area contributed by atoms with Crippen LogP contribution in [0.2, 0.25) is 0 Å². The highest BCUT2D eigenvalue weighted by Gasteiger charge is 2.42. The predicted octanol–water partition coefficient (Wildman–Crippen LogP) is 5.76. The van der Waals surface area contributed by atoms with Crippen LogP contribution in [-0.2, 0) is 6.42 Å². The molecule has 1 aliphatic rings. The summed E-state index contributed by atoms with van der Waals surface area (Å²) in [5.74, 6) is 1.62. The molecule has 0 saturated heterocycles. The Bertz CT molecular complexity index is 1360. The molecule has 2 N–H and O–H groups in total. The second-order valence-electron chi connectivity index (χ2n) is 9.15. The minimum Gasteiger partial charge on any atom is -0.507 e. The lowest BCUT2D eigenvalue weighted by atomic mass is 9.95. The Hall–Kier alpha value is -4.26. The highest BCUT2D eigenvalue weighted by atomic mass is 16.5. The van der Waals surface area contributed by atoms with Gasteiger partial charge in [0.05, 0.1) is 19.8 Å². The fraction of sp³-hybridized carbons (Fsp3) is 0.267. The van der Waals surface area contributed by atoms with Crippen LogP contribution in [0.4, 0.5) is 0 Å². The molecule has 0 spiro atoms. The highest BCUT2D eigenvalue weighted by molar-refractivity contribution is 6.00. The van der Waals surface area contributed by atoms with Crippen LogP contribution in [0.25, 0.3) is 11.3 Å². The molecule has 5 rings (SSSR count). The first-order chi connectivity index (χ1) is 18.1. The topological polar surface area (TPSA) is 87.7 Å². The van der Waals surface area contributed by atoms with Crippen molar-refractivity contribution >= 4 is 5.91 Å². The molecule has 7 heteroatoms. The van der Waals surface area contributed by atoms with Gasteiger partial charge in [-0.05, 0) is 60.4 Å². The molecule has 2 heterocycles. The molecule has 1 atom stereocenters. The molecule has 3 aromatic carbocycles. The van der Waals surface area contributed by atoms with Gasteiger partial charge in [0, 0.05) is 17.7 Å². The third kappa shape index (κ3) is 4.89. The fourth-order valence-electron chi connectivity index (χ4n) is 4.78. The molecule has 0 unspecified atom stereocenters. The Morgan fingerprint density at radius 2 is 1.73 bits per heavy atom. The Balaban J connectivity index is 1.49. The highest BCUT2D eigenvalue weighted by Crippen LogP contribution is 2.44. The summed E-state index contributed by atoms with van der Waals surface area (Å²) in [4.78, 5) is 15.5. The summed E-state index contributed by atoms with van der Waals surface area (Å²) in [6.45, 7) is 3.33. The maximum Gasteiger partial charge on any atom is 0.273 e. The zero-order valence-electron chi connectivity index (χ0n) is 21.1. The summed E-state index contributed by atoms with van der Waals surface area (Å²) in [7, 11) is 1.65. The standard InChI is InChI=1S/C30H31N3O4/c1-3-4-19-37-23-15-11-21(12-16-23)29-26-27(24-7-5-6-8-25(24)34)31-32-28(26)30(35)33(29)18-17-20-9-13-22(36-2)14-10-20/h5-16,29,34H,3-4,17-19H2,1-2H3,(H,31,32)/t29-/m1/s1. The first-order valence-electron chi connectivity index (χ1n) is 12.6. The molecular formula is C30H31N3O4. The summed E-state index contributed by atoms with van der Waals surface area (Å²) in [6.07, 6.45) is 2.76. The maximum absolute atomic E-state index is 13.6. The third-order valence-corrected chi connectivity index (χ3v) is 6.79. The van der Waals surface area contributed by atoms with Gasteiger partial charge in [0.15, 0.2) is 0 Å². The van der Waals surface area contributed by atoms with Gasteiger partial charge in [-0.15, -0.1) is 0 Å². The number of H-pyrrole nitrogens is 1. The van der Waals surface area contributed by atoms with Crippen molar-refractivity contribution in [2.75, 3.05) is 20.3 Å². The lowest BCUT2D eigenvalue weighted by Crippen LogP contribution is -2.31. The van der Waals surface area contributed by atoms with Gasteiger partial charge in [0.1, 0.15) is 28.6 Å². The van der Waals surface area contributed by atoms with E-state index in [1.165, 1.54) is 0 Å². The van der Waals surface area contributed by atoms with Crippen molar-refractivity contribution in [2.24, 2.45) is 0 Å². The lowest BCUT2D eigenvalue weighted by molar-refractivity contribution is 0.0746. The Kier molecular flexibility index (Phi) is 7.12. The average Bonchev–Trinajstić information content (AvgIpc) is 3.47.